The van der Waals surface area contributed by atoms with Crippen molar-refractivity contribution in [2.45, 2.75) is 6.92 Å². The molecule has 8 nitrogen and oxygen atoms in total. The average Bonchev–Trinajstić information content (AvgIpc) is 3.29. The Hall–Kier alpha value is -5.42. The molecule has 0 aliphatic heterocycles. The van der Waals surface area contributed by atoms with E-state index in [1.807, 2.05) is 79.7 Å². The van der Waals surface area contributed by atoms with Crippen molar-refractivity contribution in [2.24, 2.45) is 14.1 Å². The molecule has 8 heteroatoms. The van der Waals surface area contributed by atoms with Gasteiger partial charge in [0.2, 0.25) is 0 Å². The van der Waals surface area contributed by atoms with E-state index in [2.05, 4.69) is 11.1 Å². The molecule has 0 aliphatic carbocycles. The second kappa shape index (κ2) is 9.15. The van der Waals surface area contributed by atoms with Gasteiger partial charge in [-0.2, -0.15) is 5.26 Å². The van der Waals surface area contributed by atoms with E-state index < -0.39 is 11.2 Å². The molecule has 6 aromatic rings. The third-order valence-corrected chi connectivity index (χ3v) is 6.93. The summed E-state index contributed by atoms with van der Waals surface area (Å²) < 4.78 is 8.44. The zero-order valence-electron chi connectivity index (χ0n) is 21.5. The number of ether oxygens (including phenoxy) is 1. The minimum absolute atomic E-state index is 0.189. The molecule has 1 N–H and O–H groups in total. The minimum Gasteiger partial charge on any atom is -0.457 e. The number of fused-ring (bicyclic) bond motifs is 2. The monoisotopic (exact) mass is 513 g/mol. The first-order chi connectivity index (χ1) is 18.9. The summed E-state index contributed by atoms with van der Waals surface area (Å²) in [5.74, 6) is 1.20. The number of nitriles is 1. The maximum absolute atomic E-state index is 13.6. The summed E-state index contributed by atoms with van der Waals surface area (Å²) in [7, 11) is 3.00. The van der Waals surface area contributed by atoms with Crippen molar-refractivity contribution in [2.75, 3.05) is 0 Å². The Kier molecular flexibility index (Phi) is 5.62. The number of benzene rings is 3. The molecule has 3 heterocycles. The molecule has 0 bridgehead atoms. The predicted octanol–water partition coefficient (Wildman–Crippen LogP) is 5.42. The van der Waals surface area contributed by atoms with Crippen molar-refractivity contribution in [1.82, 2.24) is 19.1 Å². The molecule has 190 valence electrons. The third kappa shape index (κ3) is 3.80. The number of pyridine rings is 1. The van der Waals surface area contributed by atoms with Crippen molar-refractivity contribution in [3.05, 3.63) is 111 Å². The first-order valence-corrected chi connectivity index (χ1v) is 12.3. The van der Waals surface area contributed by atoms with Crippen molar-refractivity contribution in [1.29, 1.82) is 5.26 Å². The highest BCUT2D eigenvalue weighted by molar-refractivity contribution is 6.04. The van der Waals surface area contributed by atoms with Gasteiger partial charge in [-0.25, -0.2) is 9.78 Å². The Bertz CT molecular complexity index is 2080. The number of hydrogen-bond acceptors (Lipinski definition) is 5. The maximum Gasteiger partial charge on any atom is 0.332 e. The maximum atomic E-state index is 13.6. The fraction of sp³-hybridized carbons (Fsp3) is 0.0968. The van der Waals surface area contributed by atoms with E-state index >= 15 is 0 Å². The van der Waals surface area contributed by atoms with E-state index in [9.17, 15) is 14.9 Å². The third-order valence-electron chi connectivity index (χ3n) is 6.93. The van der Waals surface area contributed by atoms with E-state index in [0.717, 1.165) is 26.7 Å². The minimum atomic E-state index is -0.524. The molecular weight excluding hydrogens is 490 g/mol. The number of aromatic amines is 1. The summed E-state index contributed by atoms with van der Waals surface area (Å²) in [6.45, 7) is 1.92. The highest BCUT2D eigenvalue weighted by Gasteiger charge is 2.25. The van der Waals surface area contributed by atoms with Gasteiger partial charge in [0.1, 0.15) is 17.6 Å². The molecule has 0 saturated heterocycles. The van der Waals surface area contributed by atoms with Gasteiger partial charge in [0.05, 0.1) is 16.6 Å². The SMILES string of the molecule is Cc1[nH]c2ccccc2c1-c1nc2c(c(-c3cccc(Oc4ccccc4)c3)c1C#N)c(=O)n(C)c(=O)n2C. The van der Waals surface area contributed by atoms with Gasteiger partial charge in [-0.05, 0) is 42.8 Å². The van der Waals surface area contributed by atoms with Crippen LogP contribution < -0.4 is 16.0 Å². The van der Waals surface area contributed by atoms with Gasteiger partial charge in [-0.15, -0.1) is 0 Å². The molecule has 6 rings (SSSR count). The Balaban J connectivity index is 1.74. The van der Waals surface area contributed by atoms with Gasteiger partial charge < -0.3 is 9.72 Å². The Labute approximate surface area is 223 Å². The molecule has 0 saturated carbocycles. The molecule has 0 radical (unpaired) electrons. The van der Waals surface area contributed by atoms with Crippen molar-refractivity contribution in [3.63, 3.8) is 0 Å². The Morgan fingerprint density at radius 2 is 1.59 bits per heavy atom. The molecule has 3 aromatic heterocycles. The van der Waals surface area contributed by atoms with Gasteiger partial charge in [0.25, 0.3) is 5.56 Å². The molecule has 0 aliphatic rings. The predicted molar refractivity (Wildman–Crippen MR) is 151 cm³/mol. The van der Waals surface area contributed by atoms with Crippen LogP contribution in [0, 0.1) is 18.3 Å². The molecule has 0 atom stereocenters. The quantitative estimate of drug-likeness (QED) is 0.339. The molecule has 39 heavy (non-hydrogen) atoms. The summed E-state index contributed by atoms with van der Waals surface area (Å²) >= 11 is 0. The zero-order valence-corrected chi connectivity index (χ0v) is 21.5. The number of H-pyrrole nitrogens is 1. The van der Waals surface area contributed by atoms with E-state index in [-0.39, 0.29) is 16.6 Å². The van der Waals surface area contributed by atoms with Crippen LogP contribution in [0.15, 0.2) is 88.5 Å². The number of nitrogens with zero attached hydrogens (tertiary/aromatic N) is 4. The van der Waals surface area contributed by atoms with Crippen LogP contribution in [0.3, 0.4) is 0 Å². The van der Waals surface area contributed by atoms with E-state index in [0.29, 0.717) is 28.3 Å². The molecule has 0 unspecified atom stereocenters. The fourth-order valence-electron chi connectivity index (χ4n) is 5.09. The molecular formula is C31H23N5O3. The van der Waals surface area contributed by atoms with Crippen LogP contribution >= 0.6 is 0 Å². The standard InChI is InChI=1S/C31H23N5O3/c1-18-25(22-14-7-8-15-24(22)33-18)28-23(17-32)26(27-29(34-28)35(2)31(38)36(3)30(27)37)19-10-9-13-21(16-19)39-20-11-5-4-6-12-20/h4-16,33H,1-3H3. The Morgan fingerprint density at radius 3 is 2.36 bits per heavy atom. The van der Waals surface area contributed by atoms with Crippen molar-refractivity contribution in [3.8, 4) is 40.0 Å². The molecule has 0 fully saturated rings. The summed E-state index contributed by atoms with van der Waals surface area (Å²) in [5.41, 5.74) is 3.27. The molecule has 0 spiro atoms. The lowest BCUT2D eigenvalue weighted by Gasteiger charge is -2.16. The summed E-state index contributed by atoms with van der Waals surface area (Å²) in [4.78, 5) is 34.7. The number of para-hydroxylation sites is 2. The van der Waals surface area contributed by atoms with Gasteiger partial charge >= 0.3 is 5.69 Å². The van der Waals surface area contributed by atoms with E-state index in [1.165, 1.54) is 11.6 Å². The normalized spacial score (nSPS) is 11.1. The summed E-state index contributed by atoms with van der Waals surface area (Å²) in [6, 6.07) is 26.7. The van der Waals surface area contributed by atoms with Crippen LogP contribution in [-0.4, -0.2) is 19.1 Å². The molecule has 3 aromatic carbocycles. The number of nitrogens with one attached hydrogen (secondary N) is 1. The van der Waals surface area contributed by atoms with Crippen LogP contribution in [0.2, 0.25) is 0 Å². The van der Waals surface area contributed by atoms with Crippen LogP contribution in [0.25, 0.3) is 44.3 Å². The van der Waals surface area contributed by atoms with E-state index in [1.54, 1.807) is 13.1 Å². The van der Waals surface area contributed by atoms with Gasteiger partial charge in [0.15, 0.2) is 5.65 Å². The van der Waals surface area contributed by atoms with E-state index in [4.69, 9.17) is 9.72 Å². The first-order valence-electron chi connectivity index (χ1n) is 12.3. The molecule has 0 amide bonds. The lowest BCUT2D eigenvalue weighted by Crippen LogP contribution is -2.37. The number of rotatable bonds is 4. The largest absolute Gasteiger partial charge is 0.457 e. The lowest BCUT2D eigenvalue weighted by atomic mass is 9.93. The lowest BCUT2D eigenvalue weighted by molar-refractivity contribution is 0.483. The summed E-state index contributed by atoms with van der Waals surface area (Å²) in [6.07, 6.45) is 0. The second-order valence-corrected chi connectivity index (χ2v) is 9.34. The average molecular weight is 514 g/mol. The van der Waals surface area contributed by atoms with Crippen molar-refractivity contribution >= 4 is 21.9 Å². The number of aromatic nitrogens is 4. The van der Waals surface area contributed by atoms with Gasteiger partial charge in [0, 0.05) is 41.8 Å². The van der Waals surface area contributed by atoms with Crippen LogP contribution in [0.4, 0.5) is 0 Å². The van der Waals surface area contributed by atoms with Crippen LogP contribution in [0.1, 0.15) is 11.3 Å². The summed E-state index contributed by atoms with van der Waals surface area (Å²) in [5, 5.41) is 11.6. The highest BCUT2D eigenvalue weighted by Crippen LogP contribution is 2.40. The van der Waals surface area contributed by atoms with Crippen LogP contribution in [0.5, 0.6) is 11.5 Å². The fourth-order valence-corrected chi connectivity index (χ4v) is 5.09. The number of aryl methyl sites for hydroxylation is 2. The first kappa shape index (κ1) is 23.9. The van der Waals surface area contributed by atoms with Gasteiger partial charge in [-0.3, -0.25) is 13.9 Å². The number of hydrogen-bond donors (Lipinski definition) is 1. The second-order valence-electron chi connectivity index (χ2n) is 9.34. The smallest absolute Gasteiger partial charge is 0.332 e. The highest BCUT2D eigenvalue weighted by atomic mass is 16.5. The Morgan fingerprint density at radius 1 is 0.872 bits per heavy atom. The van der Waals surface area contributed by atoms with Crippen LogP contribution in [-0.2, 0) is 14.1 Å². The van der Waals surface area contributed by atoms with Crippen molar-refractivity contribution < 1.29 is 4.74 Å². The topological polar surface area (TPSA) is 106 Å². The zero-order chi connectivity index (χ0) is 27.3. The van der Waals surface area contributed by atoms with Gasteiger partial charge in [-0.1, -0.05) is 48.5 Å².